The Kier molecular flexibility index (Phi) is 8.49. The smallest absolute Gasteiger partial charge is 0.324 e. The molecule has 10 nitrogen and oxygen atoms in total. The molecule has 1 aliphatic heterocycles. The molecule has 1 aliphatic rings. The van der Waals surface area contributed by atoms with Gasteiger partial charge in [-0.2, -0.15) is 9.03 Å². The lowest BCUT2D eigenvalue weighted by Crippen LogP contribution is -2.51. The quantitative estimate of drug-likeness (QED) is 0.492. The fraction of sp³-hybridized carbons (Fsp3) is 0.333. The fourth-order valence-electron chi connectivity index (χ4n) is 3.29. The van der Waals surface area contributed by atoms with Crippen LogP contribution in [0.25, 0.3) is 0 Å². The average molecular weight is 548 g/mol. The first-order chi connectivity index (χ1) is 16.4. The number of amides is 1. The number of hydrogen-bond acceptors (Lipinski definition) is 7. The number of ether oxygens (including phenoxy) is 1. The summed E-state index contributed by atoms with van der Waals surface area (Å²) in [7, 11) is -8.08. The molecule has 35 heavy (non-hydrogen) atoms. The van der Waals surface area contributed by atoms with Crippen LogP contribution in [0.2, 0.25) is 5.02 Å². The number of carbonyl (C=O) groups excluding carboxylic acids is 2. The molecule has 1 N–H and O–H groups in total. The van der Waals surface area contributed by atoms with Gasteiger partial charge >= 0.3 is 5.97 Å². The largest absolute Gasteiger partial charge is 0.454 e. The second-order valence-electron chi connectivity index (χ2n) is 7.62. The van der Waals surface area contributed by atoms with Gasteiger partial charge < -0.3 is 9.64 Å². The first kappa shape index (κ1) is 27.0. The molecule has 0 bridgehead atoms. The van der Waals surface area contributed by atoms with Crippen molar-refractivity contribution in [2.24, 2.45) is 0 Å². The number of nitrogens with zero attached hydrogens (tertiary/aromatic N) is 2. The van der Waals surface area contributed by atoms with Crippen LogP contribution in [0.5, 0.6) is 0 Å². The topological polar surface area (TPSA) is 130 Å². The van der Waals surface area contributed by atoms with Crippen molar-refractivity contribution in [3.63, 3.8) is 0 Å². The Balaban J connectivity index is 1.50. The molecule has 0 aliphatic carbocycles. The molecule has 1 unspecified atom stereocenters. The lowest BCUT2D eigenvalue weighted by molar-refractivity contribution is -0.153. The van der Waals surface area contributed by atoms with Gasteiger partial charge in [-0.25, -0.2) is 21.2 Å². The molecule has 1 heterocycles. The molecule has 1 saturated heterocycles. The molecule has 190 valence electrons. The maximum Gasteiger partial charge on any atom is 0.324 e. The van der Waals surface area contributed by atoms with Gasteiger partial charge in [-0.05, 0) is 43.3 Å². The zero-order valence-electron chi connectivity index (χ0n) is 18.6. The molecule has 1 atom stereocenters. The third-order valence-corrected chi connectivity index (χ3v) is 8.93. The predicted octanol–water partition coefficient (Wildman–Crippen LogP) is 1.22. The Labute approximate surface area is 207 Å². The number of hydrogen-bond donors (Lipinski definition) is 1. The van der Waals surface area contributed by atoms with Crippen molar-refractivity contribution < 1.29 is 35.6 Å². The zero-order valence-corrected chi connectivity index (χ0v) is 20.9. The number of benzene rings is 2. The van der Waals surface area contributed by atoms with Crippen LogP contribution in [0.1, 0.15) is 6.92 Å². The van der Waals surface area contributed by atoms with Crippen LogP contribution in [0.3, 0.4) is 0 Å². The van der Waals surface area contributed by atoms with E-state index in [4.69, 9.17) is 16.3 Å². The Morgan fingerprint density at radius 2 is 1.63 bits per heavy atom. The van der Waals surface area contributed by atoms with E-state index in [2.05, 4.69) is 0 Å². The van der Waals surface area contributed by atoms with Gasteiger partial charge in [0.1, 0.15) is 16.8 Å². The Morgan fingerprint density at radius 1 is 1.03 bits per heavy atom. The number of carbonyl (C=O) groups is 2. The summed E-state index contributed by atoms with van der Waals surface area (Å²) in [4.78, 5) is 25.4. The third-order valence-electron chi connectivity index (χ3n) is 5.19. The van der Waals surface area contributed by atoms with Crippen molar-refractivity contribution in [2.75, 3.05) is 32.8 Å². The predicted molar refractivity (Wildman–Crippen MR) is 124 cm³/mol. The van der Waals surface area contributed by atoms with E-state index in [0.717, 1.165) is 12.1 Å². The highest BCUT2D eigenvalue weighted by molar-refractivity contribution is 7.89. The standard InChI is InChI=1S/C21H23ClFN3O7S2/c1-15(24-34(29,30)19-5-3-2-4-18(19)23)21(28)33-14-20(27)25-10-12-26(13-11-25)35(31,32)17-8-6-16(22)7-9-17/h2-9,15,24H,10-14H2,1H3. The maximum atomic E-state index is 13.8. The minimum Gasteiger partial charge on any atom is -0.454 e. The van der Waals surface area contributed by atoms with Crippen LogP contribution in [-0.4, -0.2) is 76.7 Å². The van der Waals surface area contributed by atoms with E-state index in [0.29, 0.717) is 5.02 Å². The van der Waals surface area contributed by atoms with Crippen LogP contribution in [0.4, 0.5) is 4.39 Å². The second-order valence-corrected chi connectivity index (χ2v) is 11.7. The van der Waals surface area contributed by atoms with E-state index in [1.807, 2.05) is 4.72 Å². The summed E-state index contributed by atoms with van der Waals surface area (Å²) in [5.41, 5.74) is 0. The number of halogens is 2. The van der Waals surface area contributed by atoms with E-state index < -0.39 is 55.3 Å². The number of nitrogens with one attached hydrogen (secondary N) is 1. The first-order valence-electron chi connectivity index (χ1n) is 10.4. The Bertz CT molecular complexity index is 1300. The fourth-order valence-corrected chi connectivity index (χ4v) is 6.11. The second kappa shape index (κ2) is 11.0. The molecule has 1 amide bonds. The minimum atomic E-state index is -4.33. The van der Waals surface area contributed by atoms with Crippen LogP contribution in [-0.2, 0) is 34.4 Å². The van der Waals surface area contributed by atoms with Crippen molar-refractivity contribution in [1.29, 1.82) is 0 Å². The monoisotopic (exact) mass is 547 g/mol. The Hall–Kier alpha value is -2.58. The van der Waals surface area contributed by atoms with E-state index >= 15 is 0 Å². The molecule has 3 rings (SSSR count). The molecule has 0 radical (unpaired) electrons. The molecule has 0 spiro atoms. The Morgan fingerprint density at radius 3 is 2.23 bits per heavy atom. The summed E-state index contributed by atoms with van der Waals surface area (Å²) in [6.07, 6.45) is 0. The summed E-state index contributed by atoms with van der Waals surface area (Å²) in [6, 6.07) is 9.04. The molecule has 0 aromatic heterocycles. The van der Waals surface area contributed by atoms with Gasteiger partial charge in [0.05, 0.1) is 4.90 Å². The highest BCUT2D eigenvalue weighted by Crippen LogP contribution is 2.20. The summed E-state index contributed by atoms with van der Waals surface area (Å²) in [6.45, 7) is 0.796. The van der Waals surface area contributed by atoms with Gasteiger partial charge in [0, 0.05) is 31.2 Å². The van der Waals surface area contributed by atoms with E-state index in [1.165, 1.54) is 52.5 Å². The molecule has 0 saturated carbocycles. The summed E-state index contributed by atoms with van der Waals surface area (Å²) in [5.74, 6) is -2.57. The molecule has 14 heteroatoms. The number of sulfonamides is 2. The number of esters is 1. The first-order valence-corrected chi connectivity index (χ1v) is 13.7. The van der Waals surface area contributed by atoms with Crippen LogP contribution < -0.4 is 4.72 Å². The van der Waals surface area contributed by atoms with Gasteiger partial charge in [-0.15, -0.1) is 0 Å². The van der Waals surface area contributed by atoms with Crippen molar-refractivity contribution in [3.8, 4) is 0 Å². The van der Waals surface area contributed by atoms with E-state index in [1.54, 1.807) is 0 Å². The van der Waals surface area contributed by atoms with Gasteiger partial charge in [0.2, 0.25) is 20.0 Å². The molecular weight excluding hydrogens is 525 g/mol. The average Bonchev–Trinajstić information content (AvgIpc) is 2.82. The highest BCUT2D eigenvalue weighted by atomic mass is 35.5. The van der Waals surface area contributed by atoms with Gasteiger partial charge in [-0.1, -0.05) is 23.7 Å². The van der Waals surface area contributed by atoms with Crippen molar-refractivity contribution in [3.05, 3.63) is 59.4 Å². The number of piperazine rings is 1. The normalized spacial score (nSPS) is 16.0. The lowest BCUT2D eigenvalue weighted by Gasteiger charge is -2.34. The highest BCUT2D eigenvalue weighted by Gasteiger charge is 2.31. The van der Waals surface area contributed by atoms with E-state index in [9.17, 15) is 30.8 Å². The molecule has 2 aromatic carbocycles. The summed E-state index contributed by atoms with van der Waals surface area (Å²) >= 11 is 5.80. The van der Waals surface area contributed by atoms with Crippen LogP contribution in [0.15, 0.2) is 58.3 Å². The number of rotatable bonds is 8. The van der Waals surface area contributed by atoms with Crippen LogP contribution >= 0.6 is 11.6 Å². The van der Waals surface area contributed by atoms with Gasteiger partial charge in [-0.3, -0.25) is 9.59 Å². The van der Waals surface area contributed by atoms with Gasteiger partial charge in [0.25, 0.3) is 5.91 Å². The zero-order chi connectivity index (χ0) is 25.8. The molecule has 1 fully saturated rings. The minimum absolute atomic E-state index is 0.0451. The third kappa shape index (κ3) is 6.55. The van der Waals surface area contributed by atoms with Crippen molar-refractivity contribution in [1.82, 2.24) is 13.9 Å². The van der Waals surface area contributed by atoms with Crippen LogP contribution in [0, 0.1) is 5.82 Å². The SMILES string of the molecule is CC(NS(=O)(=O)c1ccccc1F)C(=O)OCC(=O)N1CCN(S(=O)(=O)c2ccc(Cl)cc2)CC1. The van der Waals surface area contributed by atoms with E-state index in [-0.39, 0.29) is 31.1 Å². The summed E-state index contributed by atoms with van der Waals surface area (Å²) in [5, 5.41) is 0.406. The maximum absolute atomic E-state index is 13.8. The molecule has 2 aromatic rings. The van der Waals surface area contributed by atoms with Crippen molar-refractivity contribution in [2.45, 2.75) is 22.8 Å². The van der Waals surface area contributed by atoms with Gasteiger partial charge in [0.15, 0.2) is 6.61 Å². The molecular formula is C21H23ClFN3O7S2. The lowest BCUT2D eigenvalue weighted by atomic mass is 10.3. The van der Waals surface area contributed by atoms with Crippen molar-refractivity contribution >= 4 is 43.5 Å². The summed E-state index contributed by atoms with van der Waals surface area (Å²) < 4.78 is 72.0.